The van der Waals surface area contributed by atoms with E-state index in [1.165, 1.54) is 5.56 Å². The summed E-state index contributed by atoms with van der Waals surface area (Å²) in [5, 5.41) is 3.24. The molecule has 1 rings (SSSR count). The van der Waals surface area contributed by atoms with Gasteiger partial charge in [0.05, 0.1) is 0 Å². The SMILES string of the molecule is CCC(C)c1ccc(NC(C)CCCC(F)(F)F)cc1. The number of benzene rings is 1. The second-order valence-electron chi connectivity index (χ2n) is 5.48. The second-order valence-corrected chi connectivity index (χ2v) is 5.48. The minimum absolute atomic E-state index is 0.0480. The Morgan fingerprint density at radius 3 is 2.20 bits per heavy atom. The second kappa shape index (κ2) is 7.55. The highest BCUT2D eigenvalue weighted by molar-refractivity contribution is 5.45. The molecule has 0 spiro atoms. The third-order valence-corrected chi connectivity index (χ3v) is 3.60. The number of rotatable bonds is 7. The summed E-state index contributed by atoms with van der Waals surface area (Å²) in [5.41, 5.74) is 2.26. The van der Waals surface area contributed by atoms with Gasteiger partial charge in [-0.05, 0) is 49.8 Å². The first-order valence-electron chi connectivity index (χ1n) is 7.25. The van der Waals surface area contributed by atoms with Crippen molar-refractivity contribution in [2.24, 2.45) is 0 Å². The van der Waals surface area contributed by atoms with Crippen molar-refractivity contribution in [3.05, 3.63) is 29.8 Å². The molecule has 0 amide bonds. The third-order valence-electron chi connectivity index (χ3n) is 3.60. The number of nitrogens with one attached hydrogen (secondary N) is 1. The number of hydrogen-bond acceptors (Lipinski definition) is 1. The molecule has 2 unspecified atom stereocenters. The lowest BCUT2D eigenvalue weighted by Crippen LogP contribution is -2.16. The lowest BCUT2D eigenvalue weighted by molar-refractivity contribution is -0.135. The molecule has 0 fully saturated rings. The minimum atomic E-state index is -4.04. The topological polar surface area (TPSA) is 12.0 Å². The molecule has 1 nitrogen and oxygen atoms in total. The smallest absolute Gasteiger partial charge is 0.383 e. The molecule has 0 aliphatic heterocycles. The molecule has 0 aliphatic carbocycles. The Kier molecular flexibility index (Phi) is 6.37. The van der Waals surface area contributed by atoms with Crippen LogP contribution in [-0.4, -0.2) is 12.2 Å². The maximum atomic E-state index is 12.1. The summed E-state index contributed by atoms with van der Waals surface area (Å²) >= 11 is 0. The molecule has 0 aromatic heterocycles. The lowest BCUT2D eigenvalue weighted by atomic mass is 9.98. The number of anilines is 1. The van der Waals surface area contributed by atoms with Gasteiger partial charge in [0.1, 0.15) is 0 Å². The van der Waals surface area contributed by atoms with E-state index in [-0.39, 0.29) is 12.5 Å². The molecule has 0 saturated carbocycles. The molecule has 1 aromatic rings. The maximum absolute atomic E-state index is 12.1. The van der Waals surface area contributed by atoms with Crippen molar-refractivity contribution in [2.45, 2.75) is 64.6 Å². The van der Waals surface area contributed by atoms with Crippen LogP contribution in [0.1, 0.15) is 57.9 Å². The van der Waals surface area contributed by atoms with Crippen LogP contribution in [0.15, 0.2) is 24.3 Å². The van der Waals surface area contributed by atoms with Crippen molar-refractivity contribution < 1.29 is 13.2 Å². The van der Waals surface area contributed by atoms with Gasteiger partial charge in [0.2, 0.25) is 0 Å². The predicted octanol–water partition coefficient (Wildman–Crippen LogP) is 5.73. The van der Waals surface area contributed by atoms with Gasteiger partial charge in [-0.1, -0.05) is 26.0 Å². The van der Waals surface area contributed by atoms with Gasteiger partial charge in [-0.2, -0.15) is 13.2 Å². The van der Waals surface area contributed by atoms with Crippen molar-refractivity contribution in [3.63, 3.8) is 0 Å². The number of halogens is 3. The average molecular weight is 287 g/mol. The van der Waals surface area contributed by atoms with Gasteiger partial charge in [-0.3, -0.25) is 0 Å². The first-order valence-corrected chi connectivity index (χ1v) is 7.25. The predicted molar refractivity (Wildman–Crippen MR) is 78.1 cm³/mol. The fourth-order valence-corrected chi connectivity index (χ4v) is 2.11. The Balaban J connectivity index is 2.40. The molecule has 1 aromatic carbocycles. The molecular formula is C16H24F3N. The molecule has 0 radical (unpaired) electrons. The van der Waals surface area contributed by atoms with Crippen molar-refractivity contribution in [1.29, 1.82) is 0 Å². The Morgan fingerprint density at radius 1 is 1.10 bits per heavy atom. The van der Waals surface area contributed by atoms with Gasteiger partial charge in [-0.25, -0.2) is 0 Å². The van der Waals surface area contributed by atoms with Crippen LogP contribution in [0.25, 0.3) is 0 Å². The Morgan fingerprint density at radius 2 is 1.70 bits per heavy atom. The van der Waals surface area contributed by atoms with Gasteiger partial charge in [0.15, 0.2) is 0 Å². The van der Waals surface area contributed by atoms with Crippen LogP contribution in [0.4, 0.5) is 18.9 Å². The van der Waals surface area contributed by atoms with Crippen LogP contribution >= 0.6 is 0 Å². The summed E-state index contributed by atoms with van der Waals surface area (Å²) in [6.07, 6.45) is -2.96. The van der Waals surface area contributed by atoms with Gasteiger partial charge in [0.25, 0.3) is 0 Å². The number of hydrogen-bond donors (Lipinski definition) is 1. The monoisotopic (exact) mass is 287 g/mol. The summed E-state index contributed by atoms with van der Waals surface area (Å²) in [5.74, 6) is 0.535. The average Bonchev–Trinajstić information content (AvgIpc) is 2.37. The quantitative estimate of drug-likeness (QED) is 0.675. The third kappa shape index (κ3) is 6.31. The Bertz CT molecular complexity index is 384. The highest BCUT2D eigenvalue weighted by Crippen LogP contribution is 2.24. The molecular weight excluding hydrogens is 263 g/mol. The Hall–Kier alpha value is -1.19. The standard InChI is InChI=1S/C16H24F3N/c1-4-12(2)14-7-9-15(10-8-14)20-13(3)6-5-11-16(17,18)19/h7-10,12-13,20H,4-6,11H2,1-3H3. The summed E-state index contributed by atoms with van der Waals surface area (Å²) in [6, 6.07) is 8.22. The first kappa shape index (κ1) is 16.9. The van der Waals surface area contributed by atoms with Crippen molar-refractivity contribution in [2.75, 3.05) is 5.32 Å². The van der Waals surface area contributed by atoms with Crippen molar-refractivity contribution >= 4 is 5.69 Å². The van der Waals surface area contributed by atoms with Gasteiger partial charge >= 0.3 is 6.18 Å². The summed E-state index contributed by atoms with van der Waals surface area (Å²) in [4.78, 5) is 0. The fourth-order valence-electron chi connectivity index (χ4n) is 2.11. The number of alkyl halides is 3. The maximum Gasteiger partial charge on any atom is 0.389 e. The molecule has 0 aliphatic rings. The van der Waals surface area contributed by atoms with Gasteiger partial charge in [-0.15, -0.1) is 0 Å². The summed E-state index contributed by atoms with van der Waals surface area (Å²) in [7, 11) is 0. The van der Waals surface area contributed by atoms with Crippen LogP contribution in [-0.2, 0) is 0 Å². The first-order chi connectivity index (χ1) is 9.31. The molecule has 114 valence electrons. The van der Waals surface area contributed by atoms with Crippen LogP contribution in [0.3, 0.4) is 0 Å². The van der Waals surface area contributed by atoms with Gasteiger partial charge < -0.3 is 5.32 Å². The van der Waals surface area contributed by atoms with E-state index < -0.39 is 12.6 Å². The highest BCUT2D eigenvalue weighted by Gasteiger charge is 2.26. The zero-order valence-corrected chi connectivity index (χ0v) is 12.4. The van der Waals surface area contributed by atoms with Crippen molar-refractivity contribution in [1.82, 2.24) is 0 Å². The zero-order chi connectivity index (χ0) is 15.2. The molecule has 0 heterocycles. The van der Waals surface area contributed by atoms with E-state index in [0.29, 0.717) is 12.3 Å². The minimum Gasteiger partial charge on any atom is -0.383 e. The zero-order valence-electron chi connectivity index (χ0n) is 12.4. The van der Waals surface area contributed by atoms with Crippen LogP contribution in [0.2, 0.25) is 0 Å². The van der Waals surface area contributed by atoms with Crippen LogP contribution in [0.5, 0.6) is 0 Å². The van der Waals surface area contributed by atoms with E-state index >= 15 is 0 Å². The van der Waals surface area contributed by atoms with Crippen molar-refractivity contribution in [3.8, 4) is 0 Å². The largest absolute Gasteiger partial charge is 0.389 e. The van der Waals surface area contributed by atoms with E-state index in [1.54, 1.807) is 0 Å². The molecule has 20 heavy (non-hydrogen) atoms. The highest BCUT2D eigenvalue weighted by atomic mass is 19.4. The summed E-state index contributed by atoms with van der Waals surface area (Å²) < 4.78 is 36.2. The van der Waals surface area contributed by atoms with Gasteiger partial charge in [0, 0.05) is 18.2 Å². The molecule has 4 heteroatoms. The van der Waals surface area contributed by atoms with Crippen LogP contribution < -0.4 is 5.32 Å². The van der Waals surface area contributed by atoms with E-state index in [1.807, 2.05) is 19.1 Å². The normalized spacial score (nSPS) is 14.9. The molecule has 1 N–H and O–H groups in total. The van der Waals surface area contributed by atoms with E-state index in [9.17, 15) is 13.2 Å². The van der Waals surface area contributed by atoms with E-state index in [4.69, 9.17) is 0 Å². The molecule has 0 bridgehead atoms. The van der Waals surface area contributed by atoms with Crippen LogP contribution in [0, 0.1) is 0 Å². The summed E-state index contributed by atoms with van der Waals surface area (Å²) in [6.45, 7) is 6.25. The fraction of sp³-hybridized carbons (Fsp3) is 0.625. The lowest BCUT2D eigenvalue weighted by Gasteiger charge is -2.17. The Labute approximate surface area is 119 Å². The molecule has 2 atom stereocenters. The molecule has 0 saturated heterocycles. The van der Waals surface area contributed by atoms with E-state index in [2.05, 4.69) is 31.3 Å². The van der Waals surface area contributed by atoms with E-state index in [0.717, 1.165) is 12.1 Å².